The second kappa shape index (κ2) is 9.76. The summed E-state index contributed by atoms with van der Waals surface area (Å²) in [5, 5.41) is 13.0. The first-order chi connectivity index (χ1) is 17.3. The number of anilines is 2. The Morgan fingerprint density at radius 2 is 1.92 bits per heavy atom. The number of ether oxygens (including phenoxy) is 2. The number of hydrogen-bond donors (Lipinski definition) is 2. The molecular formula is C25H22F2N4O4S. The molecule has 8 nitrogen and oxygen atoms in total. The van der Waals surface area contributed by atoms with Crippen molar-refractivity contribution in [1.29, 1.82) is 0 Å². The number of nitrogens with zero attached hydrogens (tertiary/aromatic N) is 3. The maximum absolute atomic E-state index is 15.3. The number of aromatic nitrogens is 2. The van der Waals surface area contributed by atoms with Crippen LogP contribution >= 0.6 is 0 Å². The first-order valence-electron chi connectivity index (χ1n) is 11.0. The van der Waals surface area contributed by atoms with Crippen molar-refractivity contribution in [3.63, 3.8) is 0 Å². The Morgan fingerprint density at radius 3 is 2.67 bits per heavy atom. The highest BCUT2D eigenvalue weighted by Crippen LogP contribution is 2.34. The maximum atomic E-state index is 15.3. The van der Waals surface area contributed by atoms with E-state index in [4.69, 9.17) is 9.47 Å². The number of rotatable bonds is 6. The number of aliphatic hydroxyl groups excluding tert-OH is 1. The van der Waals surface area contributed by atoms with E-state index in [1.54, 1.807) is 30.3 Å². The number of benzene rings is 3. The van der Waals surface area contributed by atoms with Crippen LogP contribution in [0.3, 0.4) is 0 Å². The van der Waals surface area contributed by atoms with Crippen molar-refractivity contribution >= 4 is 37.8 Å². The van der Waals surface area contributed by atoms with Crippen molar-refractivity contribution < 1.29 is 27.6 Å². The van der Waals surface area contributed by atoms with Crippen molar-refractivity contribution in [2.24, 2.45) is 4.36 Å². The van der Waals surface area contributed by atoms with Crippen LogP contribution < -0.4 is 10.1 Å². The molecule has 1 saturated heterocycles. The Bertz CT molecular complexity index is 1540. The largest absolute Gasteiger partial charge is 0.483 e. The van der Waals surface area contributed by atoms with Crippen LogP contribution in [0, 0.1) is 11.6 Å². The van der Waals surface area contributed by atoms with Gasteiger partial charge in [-0.05, 0) is 30.3 Å². The molecule has 0 spiro atoms. The molecule has 4 aromatic rings. The monoisotopic (exact) mass is 512 g/mol. The van der Waals surface area contributed by atoms with Crippen molar-refractivity contribution in [3.8, 4) is 5.75 Å². The zero-order valence-corrected chi connectivity index (χ0v) is 19.9. The molecule has 11 heteroatoms. The van der Waals surface area contributed by atoms with E-state index >= 15 is 4.39 Å². The van der Waals surface area contributed by atoms with Gasteiger partial charge in [-0.15, -0.1) is 0 Å². The van der Waals surface area contributed by atoms with Gasteiger partial charge in [-0.25, -0.2) is 23.0 Å². The number of nitrogens with one attached hydrogen (secondary N) is 1. The average molecular weight is 513 g/mol. The Hall–Kier alpha value is -3.67. The van der Waals surface area contributed by atoms with Crippen LogP contribution in [-0.2, 0) is 14.5 Å². The van der Waals surface area contributed by atoms with Crippen LogP contribution in [0.5, 0.6) is 5.75 Å². The molecule has 5 rings (SSSR count). The maximum Gasteiger partial charge on any atom is 0.150 e. The molecule has 3 aromatic carbocycles. The van der Waals surface area contributed by atoms with E-state index in [-0.39, 0.29) is 41.4 Å². The first-order valence-corrected chi connectivity index (χ1v) is 12.9. The number of hydrogen-bond acceptors (Lipinski definition) is 8. The van der Waals surface area contributed by atoms with Gasteiger partial charge in [0.1, 0.15) is 35.6 Å². The van der Waals surface area contributed by atoms with E-state index in [0.717, 1.165) is 12.1 Å². The Kier molecular flexibility index (Phi) is 6.52. The van der Waals surface area contributed by atoms with E-state index in [1.807, 2.05) is 0 Å². The minimum atomic E-state index is -2.82. The first kappa shape index (κ1) is 24.0. The molecule has 2 N–H and O–H groups in total. The number of aliphatic hydroxyl groups is 1. The van der Waals surface area contributed by atoms with E-state index in [0.29, 0.717) is 10.6 Å². The number of halogens is 2. The van der Waals surface area contributed by atoms with Gasteiger partial charge in [-0.3, -0.25) is 0 Å². The second-order valence-electron chi connectivity index (χ2n) is 8.28. The average Bonchev–Trinajstić information content (AvgIpc) is 3.25. The van der Waals surface area contributed by atoms with Crippen LogP contribution in [0.2, 0.25) is 0 Å². The predicted octanol–water partition coefficient (Wildman–Crippen LogP) is 4.58. The lowest BCUT2D eigenvalue weighted by molar-refractivity contribution is 0.0736. The lowest BCUT2D eigenvalue weighted by Gasteiger charge is -2.19. The van der Waals surface area contributed by atoms with Gasteiger partial charge in [0.05, 0.1) is 45.2 Å². The standard InChI is InChI=1S/C25H22F2N4O4S/c1-36(33,17-5-3-2-4-6-17)31-16-10-18(27)24-20(11-16)28-14-29-25(24)30-19-8-7-15(26)9-22(19)35-23-13-34-12-21(23)32/h2-11,14,21,23,32H,12-13H2,1H3,(H,28,29,30)/t21-,23+,36?/m0/s1. The van der Waals surface area contributed by atoms with Gasteiger partial charge < -0.3 is 19.9 Å². The van der Waals surface area contributed by atoms with Crippen molar-refractivity contribution in [3.05, 3.63) is 78.6 Å². The van der Waals surface area contributed by atoms with Crippen molar-refractivity contribution in [1.82, 2.24) is 9.97 Å². The topological polar surface area (TPSA) is 106 Å². The van der Waals surface area contributed by atoms with Crippen LogP contribution in [0.15, 0.2) is 76.2 Å². The SMILES string of the molecule is CS(=O)(=Nc1cc(F)c2c(Nc3ccc(F)cc3O[C@@H]3COC[C@@H]3O)ncnc2c1)c1ccccc1. The summed E-state index contributed by atoms with van der Waals surface area (Å²) in [6.07, 6.45) is 1.20. The zero-order valence-electron chi connectivity index (χ0n) is 19.1. The Morgan fingerprint density at radius 1 is 1.11 bits per heavy atom. The van der Waals surface area contributed by atoms with E-state index in [2.05, 4.69) is 19.6 Å². The smallest absolute Gasteiger partial charge is 0.150 e. The minimum Gasteiger partial charge on any atom is -0.483 e. The third-order valence-electron chi connectivity index (χ3n) is 5.61. The molecule has 1 unspecified atom stereocenters. The molecule has 1 aliphatic rings. The normalized spacial score (nSPS) is 19.1. The fraction of sp³-hybridized carbons (Fsp3) is 0.200. The minimum absolute atomic E-state index is 0.0678. The molecule has 1 fully saturated rings. The van der Waals surface area contributed by atoms with Gasteiger partial charge in [-0.2, -0.15) is 4.36 Å². The zero-order chi connectivity index (χ0) is 25.3. The summed E-state index contributed by atoms with van der Waals surface area (Å²) in [6, 6.07) is 15.2. The Balaban J connectivity index is 1.51. The summed E-state index contributed by atoms with van der Waals surface area (Å²) in [6.45, 7) is 0.268. The van der Waals surface area contributed by atoms with Crippen LogP contribution in [0.25, 0.3) is 10.9 Å². The fourth-order valence-corrected chi connectivity index (χ4v) is 5.10. The highest BCUT2D eigenvalue weighted by molar-refractivity contribution is 7.93. The van der Waals surface area contributed by atoms with Gasteiger partial charge in [0, 0.05) is 23.3 Å². The fourth-order valence-electron chi connectivity index (χ4n) is 3.83. The molecule has 3 atom stereocenters. The summed E-state index contributed by atoms with van der Waals surface area (Å²) in [5.41, 5.74) is 0.713. The van der Waals surface area contributed by atoms with E-state index in [9.17, 15) is 13.7 Å². The molecular weight excluding hydrogens is 490 g/mol. The summed E-state index contributed by atoms with van der Waals surface area (Å²) >= 11 is 0. The van der Waals surface area contributed by atoms with Gasteiger partial charge in [0.15, 0.2) is 6.10 Å². The molecule has 2 heterocycles. The molecule has 186 valence electrons. The van der Waals surface area contributed by atoms with Gasteiger partial charge >= 0.3 is 0 Å². The summed E-state index contributed by atoms with van der Waals surface area (Å²) < 4.78 is 57.7. The second-order valence-corrected chi connectivity index (χ2v) is 10.5. The van der Waals surface area contributed by atoms with Gasteiger partial charge in [0.2, 0.25) is 0 Å². The summed E-state index contributed by atoms with van der Waals surface area (Å²) in [7, 11) is -2.82. The molecule has 0 aliphatic carbocycles. The molecule has 0 amide bonds. The Labute approximate surface area is 206 Å². The highest BCUT2D eigenvalue weighted by atomic mass is 32.2. The summed E-state index contributed by atoms with van der Waals surface area (Å²) in [5.74, 6) is -1.00. The lowest BCUT2D eigenvalue weighted by atomic mass is 10.2. The lowest BCUT2D eigenvalue weighted by Crippen LogP contribution is -2.30. The molecule has 0 radical (unpaired) electrons. The molecule has 0 bridgehead atoms. The predicted molar refractivity (Wildman–Crippen MR) is 131 cm³/mol. The quantitative estimate of drug-likeness (QED) is 0.390. The van der Waals surface area contributed by atoms with E-state index < -0.39 is 33.6 Å². The molecule has 1 aromatic heterocycles. The van der Waals surface area contributed by atoms with Gasteiger partial charge in [0.25, 0.3) is 0 Å². The third kappa shape index (κ3) is 4.99. The van der Waals surface area contributed by atoms with Crippen LogP contribution in [0.1, 0.15) is 0 Å². The highest BCUT2D eigenvalue weighted by Gasteiger charge is 2.29. The number of fused-ring (bicyclic) bond motifs is 1. The van der Waals surface area contributed by atoms with Crippen LogP contribution in [-0.4, -0.2) is 51.0 Å². The third-order valence-corrected chi connectivity index (χ3v) is 7.32. The van der Waals surface area contributed by atoms with Crippen LogP contribution in [0.4, 0.5) is 26.0 Å². The summed E-state index contributed by atoms with van der Waals surface area (Å²) in [4.78, 5) is 8.83. The van der Waals surface area contributed by atoms with Crippen molar-refractivity contribution in [2.45, 2.75) is 17.1 Å². The molecule has 0 saturated carbocycles. The molecule has 1 aliphatic heterocycles. The van der Waals surface area contributed by atoms with E-state index in [1.165, 1.54) is 30.8 Å². The van der Waals surface area contributed by atoms with Gasteiger partial charge in [-0.1, -0.05) is 18.2 Å². The molecule has 36 heavy (non-hydrogen) atoms. The van der Waals surface area contributed by atoms with Crippen molar-refractivity contribution in [2.75, 3.05) is 24.8 Å².